The van der Waals surface area contributed by atoms with Crippen LogP contribution in [0.2, 0.25) is 0 Å². The van der Waals surface area contributed by atoms with Gasteiger partial charge in [-0.15, -0.1) is 0 Å². The van der Waals surface area contributed by atoms with E-state index in [2.05, 4.69) is 34.6 Å². The third-order valence-corrected chi connectivity index (χ3v) is 6.48. The van der Waals surface area contributed by atoms with Crippen molar-refractivity contribution in [3.8, 4) is 0 Å². The van der Waals surface area contributed by atoms with Gasteiger partial charge in [0.25, 0.3) is 0 Å². The summed E-state index contributed by atoms with van der Waals surface area (Å²) >= 11 is 0. The van der Waals surface area contributed by atoms with Crippen LogP contribution in [0.4, 0.5) is 0 Å². The Morgan fingerprint density at radius 1 is 1.15 bits per heavy atom. The molecule has 2 unspecified atom stereocenters. The van der Waals surface area contributed by atoms with E-state index in [0.717, 1.165) is 5.56 Å². The van der Waals surface area contributed by atoms with Crippen molar-refractivity contribution in [1.29, 1.82) is 0 Å². The Kier molecular flexibility index (Phi) is 3.54. The molecule has 1 fully saturated rings. The highest BCUT2D eigenvalue weighted by atomic mass is 32.2. The van der Waals surface area contributed by atoms with Crippen molar-refractivity contribution in [2.75, 3.05) is 6.54 Å². The van der Waals surface area contributed by atoms with Crippen LogP contribution in [0.25, 0.3) is 0 Å². The normalized spacial score (nSPS) is 26.9. The molecule has 20 heavy (non-hydrogen) atoms. The fraction of sp³-hybridized carbons (Fsp3) is 0.625. The molecule has 0 aromatic heterocycles. The summed E-state index contributed by atoms with van der Waals surface area (Å²) in [6.45, 7) is 13.1. The van der Waals surface area contributed by atoms with E-state index in [1.54, 1.807) is 16.4 Å². The molecule has 0 radical (unpaired) electrons. The molecular weight excluding hydrogens is 270 g/mol. The predicted octanol–water partition coefficient (Wildman–Crippen LogP) is 3.40. The van der Waals surface area contributed by atoms with Crippen molar-refractivity contribution < 1.29 is 8.42 Å². The van der Waals surface area contributed by atoms with Gasteiger partial charge in [-0.05, 0) is 36.0 Å². The molecule has 2 rings (SSSR count). The molecule has 0 saturated carbocycles. The van der Waals surface area contributed by atoms with Gasteiger partial charge < -0.3 is 0 Å². The molecule has 0 N–H and O–H groups in total. The molecular formula is C16H25NO2S. The molecule has 112 valence electrons. The second kappa shape index (κ2) is 4.57. The van der Waals surface area contributed by atoms with E-state index in [4.69, 9.17) is 0 Å². The number of nitrogens with zero attached hydrogens (tertiary/aromatic N) is 1. The molecule has 4 heteroatoms. The zero-order valence-corrected chi connectivity index (χ0v) is 14.1. The summed E-state index contributed by atoms with van der Waals surface area (Å²) in [6, 6.07) is 7.30. The molecule has 2 atom stereocenters. The smallest absolute Gasteiger partial charge is 0.207 e. The minimum absolute atomic E-state index is 0.0363. The summed E-state index contributed by atoms with van der Waals surface area (Å²) in [5, 5.41) is 0. The van der Waals surface area contributed by atoms with Crippen LogP contribution in [0.1, 0.15) is 47.1 Å². The van der Waals surface area contributed by atoms with E-state index in [1.807, 2.05) is 19.1 Å². The van der Waals surface area contributed by atoms with E-state index in [1.165, 1.54) is 0 Å². The lowest BCUT2D eigenvalue weighted by molar-refractivity contribution is 0.419. The first-order chi connectivity index (χ1) is 8.99. The first-order valence-electron chi connectivity index (χ1n) is 7.13. The van der Waals surface area contributed by atoms with Crippen molar-refractivity contribution in [2.45, 2.75) is 57.4 Å². The summed E-state index contributed by atoms with van der Waals surface area (Å²) in [5.74, 6) is 0.325. The Labute approximate surface area is 123 Å². The van der Waals surface area contributed by atoms with Crippen LogP contribution >= 0.6 is 0 Å². The zero-order valence-electron chi connectivity index (χ0n) is 13.3. The van der Waals surface area contributed by atoms with Gasteiger partial charge in [-0.2, -0.15) is 4.31 Å². The van der Waals surface area contributed by atoms with Crippen LogP contribution in [0.15, 0.2) is 29.2 Å². The fourth-order valence-electron chi connectivity index (χ4n) is 2.34. The lowest BCUT2D eigenvalue weighted by atomic mass is 9.87. The Morgan fingerprint density at radius 3 is 2.00 bits per heavy atom. The number of hydrogen-bond donors (Lipinski definition) is 0. The summed E-state index contributed by atoms with van der Waals surface area (Å²) in [7, 11) is -3.35. The number of rotatable bonds is 3. The van der Waals surface area contributed by atoms with Crippen LogP contribution in [0, 0.1) is 5.92 Å². The quantitative estimate of drug-likeness (QED) is 0.801. The maximum absolute atomic E-state index is 12.6. The number of sulfonamides is 1. The van der Waals surface area contributed by atoms with Gasteiger partial charge >= 0.3 is 0 Å². The molecule has 1 saturated heterocycles. The van der Waals surface area contributed by atoms with Gasteiger partial charge in [0.15, 0.2) is 0 Å². The Balaban J connectivity index is 2.29. The zero-order chi connectivity index (χ0) is 15.3. The fourth-order valence-corrected chi connectivity index (χ4v) is 4.27. The molecule has 0 amide bonds. The van der Waals surface area contributed by atoms with E-state index >= 15 is 0 Å². The lowest BCUT2D eigenvalue weighted by Gasteiger charge is -2.20. The molecule has 3 nitrogen and oxygen atoms in total. The average molecular weight is 295 g/mol. The van der Waals surface area contributed by atoms with Crippen LogP contribution in [0.3, 0.4) is 0 Å². The molecule has 1 aromatic carbocycles. The van der Waals surface area contributed by atoms with Crippen molar-refractivity contribution >= 4 is 10.0 Å². The highest BCUT2D eigenvalue weighted by Gasteiger charge is 2.57. The van der Waals surface area contributed by atoms with Crippen LogP contribution < -0.4 is 0 Å². The second-order valence-electron chi connectivity index (χ2n) is 7.30. The molecule has 0 bridgehead atoms. The molecule has 1 aromatic rings. The third-order valence-electron chi connectivity index (χ3n) is 4.48. The van der Waals surface area contributed by atoms with E-state index in [0.29, 0.717) is 17.4 Å². The van der Waals surface area contributed by atoms with E-state index < -0.39 is 10.0 Å². The monoisotopic (exact) mass is 295 g/mol. The number of benzene rings is 1. The van der Waals surface area contributed by atoms with Crippen molar-refractivity contribution in [3.05, 3.63) is 29.8 Å². The Morgan fingerprint density at radius 2 is 1.65 bits per heavy atom. The van der Waals surface area contributed by atoms with E-state index in [9.17, 15) is 8.42 Å². The Bertz CT molecular complexity index is 596. The van der Waals surface area contributed by atoms with Gasteiger partial charge in [0, 0.05) is 12.1 Å². The molecule has 1 aliphatic rings. The molecule has 0 spiro atoms. The van der Waals surface area contributed by atoms with Gasteiger partial charge in [0.2, 0.25) is 10.0 Å². The highest BCUT2D eigenvalue weighted by molar-refractivity contribution is 7.89. The highest BCUT2D eigenvalue weighted by Crippen LogP contribution is 2.43. The maximum atomic E-state index is 12.6. The van der Waals surface area contributed by atoms with Crippen LogP contribution in [0.5, 0.6) is 0 Å². The average Bonchev–Trinajstić information content (AvgIpc) is 3.03. The van der Waals surface area contributed by atoms with E-state index in [-0.39, 0.29) is 11.0 Å². The predicted molar refractivity (Wildman–Crippen MR) is 82.3 cm³/mol. The summed E-state index contributed by atoms with van der Waals surface area (Å²) < 4.78 is 26.8. The molecule has 1 aliphatic heterocycles. The van der Waals surface area contributed by atoms with Gasteiger partial charge in [-0.25, -0.2) is 8.42 Å². The maximum Gasteiger partial charge on any atom is 0.243 e. The van der Waals surface area contributed by atoms with Gasteiger partial charge in [-0.3, -0.25) is 0 Å². The Hall–Kier alpha value is -0.870. The largest absolute Gasteiger partial charge is 0.243 e. The van der Waals surface area contributed by atoms with Crippen LogP contribution in [-0.4, -0.2) is 24.8 Å². The lowest BCUT2D eigenvalue weighted by Crippen LogP contribution is -2.26. The van der Waals surface area contributed by atoms with Crippen molar-refractivity contribution in [2.24, 2.45) is 5.92 Å². The second-order valence-corrected chi connectivity index (χ2v) is 9.16. The van der Waals surface area contributed by atoms with Crippen molar-refractivity contribution in [1.82, 2.24) is 4.31 Å². The topological polar surface area (TPSA) is 37.1 Å². The standard InChI is InChI=1S/C16H25NO2S/c1-12(2)16(6)11-17(16)20(18,19)14-9-7-13(8-10-14)15(3,4)5/h7-10,12H,11H2,1-6H3. The minimum Gasteiger partial charge on any atom is -0.207 e. The number of hydrogen-bond acceptors (Lipinski definition) is 2. The SMILES string of the molecule is CC(C)C1(C)CN1S(=O)(=O)c1ccc(C(C)(C)C)cc1. The van der Waals surface area contributed by atoms with Crippen LogP contribution in [-0.2, 0) is 15.4 Å². The molecule has 1 heterocycles. The summed E-state index contributed by atoms with van der Waals surface area (Å²) in [4.78, 5) is 0.398. The summed E-state index contributed by atoms with van der Waals surface area (Å²) in [6.07, 6.45) is 0. The van der Waals surface area contributed by atoms with Gasteiger partial charge in [0.05, 0.1) is 4.90 Å². The third kappa shape index (κ3) is 2.51. The molecule has 0 aliphatic carbocycles. The van der Waals surface area contributed by atoms with Crippen molar-refractivity contribution in [3.63, 3.8) is 0 Å². The first kappa shape index (κ1) is 15.5. The van der Waals surface area contributed by atoms with Gasteiger partial charge in [-0.1, -0.05) is 46.8 Å². The minimum atomic E-state index is -3.35. The first-order valence-corrected chi connectivity index (χ1v) is 8.57. The summed E-state index contributed by atoms with van der Waals surface area (Å²) in [5.41, 5.74) is 0.963. The van der Waals surface area contributed by atoms with Gasteiger partial charge in [0.1, 0.15) is 0 Å².